The zero-order chi connectivity index (χ0) is 15.0. The lowest BCUT2D eigenvalue weighted by Crippen LogP contribution is -2.04. The average molecular weight is 298 g/mol. The second-order valence-corrected chi connectivity index (χ2v) is 5.29. The van der Waals surface area contributed by atoms with Gasteiger partial charge in [-0.25, -0.2) is 4.68 Å². The Labute approximate surface area is 125 Å². The van der Waals surface area contributed by atoms with Gasteiger partial charge in [-0.2, -0.15) is 0 Å². The Morgan fingerprint density at radius 1 is 1.18 bits per heavy atom. The van der Waals surface area contributed by atoms with Crippen molar-refractivity contribution in [1.82, 2.24) is 25.2 Å². The Balaban J connectivity index is 1.42. The van der Waals surface area contributed by atoms with Crippen LogP contribution in [0.3, 0.4) is 0 Å². The standard InChI is InChI=1S/C14H14N6O2/c21-14(6-7-14)12-17-18-13(22-12)15-8-10-9-20(19-16-10)11-4-2-1-3-5-11/h1-5,9,21H,6-8H2,(H,15,18). The van der Waals surface area contributed by atoms with Gasteiger partial charge in [0.05, 0.1) is 18.4 Å². The molecule has 1 fully saturated rings. The summed E-state index contributed by atoms with van der Waals surface area (Å²) in [6.45, 7) is 0.410. The minimum absolute atomic E-state index is 0.267. The molecule has 8 heteroatoms. The van der Waals surface area contributed by atoms with Gasteiger partial charge < -0.3 is 14.8 Å². The van der Waals surface area contributed by atoms with Gasteiger partial charge in [0.2, 0.25) is 5.89 Å². The van der Waals surface area contributed by atoms with Crippen LogP contribution in [0.4, 0.5) is 6.01 Å². The number of para-hydroxylation sites is 1. The third kappa shape index (κ3) is 2.44. The first-order valence-electron chi connectivity index (χ1n) is 7.00. The zero-order valence-corrected chi connectivity index (χ0v) is 11.7. The molecule has 2 heterocycles. The molecule has 0 atom stereocenters. The van der Waals surface area contributed by atoms with E-state index in [1.807, 2.05) is 36.5 Å². The summed E-state index contributed by atoms with van der Waals surface area (Å²) in [6.07, 6.45) is 3.16. The Morgan fingerprint density at radius 3 is 2.77 bits per heavy atom. The second kappa shape index (κ2) is 4.92. The molecule has 0 amide bonds. The van der Waals surface area contributed by atoms with Crippen molar-refractivity contribution in [1.29, 1.82) is 0 Å². The van der Waals surface area contributed by atoms with Crippen molar-refractivity contribution in [2.75, 3.05) is 5.32 Å². The topological polar surface area (TPSA) is 102 Å². The van der Waals surface area contributed by atoms with Crippen LogP contribution in [0.15, 0.2) is 40.9 Å². The molecule has 1 aliphatic rings. The van der Waals surface area contributed by atoms with Gasteiger partial charge in [0.15, 0.2) is 0 Å². The van der Waals surface area contributed by atoms with Crippen LogP contribution in [0, 0.1) is 0 Å². The summed E-state index contributed by atoms with van der Waals surface area (Å²) in [5.41, 5.74) is 0.773. The zero-order valence-electron chi connectivity index (χ0n) is 11.7. The molecule has 112 valence electrons. The first-order valence-corrected chi connectivity index (χ1v) is 7.00. The summed E-state index contributed by atoms with van der Waals surface area (Å²) in [6, 6.07) is 10.0. The van der Waals surface area contributed by atoms with E-state index in [9.17, 15) is 5.11 Å². The highest BCUT2D eigenvalue weighted by molar-refractivity contribution is 5.30. The predicted octanol–water partition coefficient (Wildman–Crippen LogP) is 1.24. The first-order chi connectivity index (χ1) is 10.7. The number of aliphatic hydroxyl groups is 1. The molecule has 1 aliphatic carbocycles. The van der Waals surface area contributed by atoms with Crippen LogP contribution < -0.4 is 5.32 Å². The molecule has 0 saturated heterocycles. The van der Waals surface area contributed by atoms with Crippen molar-refractivity contribution >= 4 is 6.01 Å². The number of hydrogen-bond donors (Lipinski definition) is 2. The molecule has 4 rings (SSSR count). The number of anilines is 1. The molecule has 0 spiro atoms. The number of hydrogen-bond acceptors (Lipinski definition) is 7. The molecule has 0 unspecified atom stereocenters. The van der Waals surface area contributed by atoms with Crippen molar-refractivity contribution in [3.63, 3.8) is 0 Å². The van der Waals surface area contributed by atoms with E-state index in [-0.39, 0.29) is 11.9 Å². The van der Waals surface area contributed by atoms with Gasteiger partial charge in [0.25, 0.3) is 0 Å². The van der Waals surface area contributed by atoms with Crippen LogP contribution in [0.5, 0.6) is 0 Å². The van der Waals surface area contributed by atoms with Crippen LogP contribution >= 0.6 is 0 Å². The molecule has 1 saturated carbocycles. The lowest BCUT2D eigenvalue weighted by Gasteiger charge is -1.99. The summed E-state index contributed by atoms with van der Waals surface area (Å²) in [7, 11) is 0. The lowest BCUT2D eigenvalue weighted by atomic mass is 10.3. The third-order valence-electron chi connectivity index (χ3n) is 3.53. The third-order valence-corrected chi connectivity index (χ3v) is 3.53. The molecule has 3 aromatic rings. The summed E-state index contributed by atoms with van der Waals surface area (Å²) >= 11 is 0. The minimum atomic E-state index is -0.913. The molecule has 22 heavy (non-hydrogen) atoms. The first kappa shape index (κ1) is 13.0. The van der Waals surface area contributed by atoms with Gasteiger partial charge >= 0.3 is 6.01 Å². The maximum atomic E-state index is 9.88. The van der Waals surface area contributed by atoms with Crippen LogP contribution in [-0.4, -0.2) is 30.3 Å². The molecule has 2 N–H and O–H groups in total. The Morgan fingerprint density at radius 2 is 2.00 bits per heavy atom. The van der Waals surface area contributed by atoms with Crippen molar-refractivity contribution in [3.8, 4) is 5.69 Å². The number of nitrogens with one attached hydrogen (secondary N) is 1. The van der Waals surface area contributed by atoms with Crippen molar-refractivity contribution in [2.45, 2.75) is 25.0 Å². The number of nitrogens with zero attached hydrogens (tertiary/aromatic N) is 5. The quantitative estimate of drug-likeness (QED) is 0.730. The summed E-state index contributed by atoms with van der Waals surface area (Å²) < 4.78 is 7.08. The van der Waals surface area contributed by atoms with E-state index in [0.29, 0.717) is 19.4 Å². The predicted molar refractivity (Wildman–Crippen MR) is 76.1 cm³/mol. The molecule has 2 aromatic heterocycles. The summed E-state index contributed by atoms with van der Waals surface area (Å²) in [5, 5.41) is 28.7. The van der Waals surface area contributed by atoms with Gasteiger partial charge in [0.1, 0.15) is 11.3 Å². The van der Waals surface area contributed by atoms with E-state index in [1.165, 1.54) is 0 Å². The number of rotatable bonds is 5. The van der Waals surface area contributed by atoms with Crippen LogP contribution in [0.1, 0.15) is 24.4 Å². The molecular formula is C14H14N6O2. The van der Waals surface area contributed by atoms with Crippen molar-refractivity contribution in [3.05, 3.63) is 48.1 Å². The van der Waals surface area contributed by atoms with E-state index in [1.54, 1.807) is 4.68 Å². The molecule has 8 nitrogen and oxygen atoms in total. The summed E-state index contributed by atoms with van der Waals surface area (Å²) in [4.78, 5) is 0. The van der Waals surface area contributed by atoms with Crippen molar-refractivity contribution in [2.24, 2.45) is 0 Å². The number of aromatic nitrogens is 5. The highest BCUT2D eigenvalue weighted by atomic mass is 16.4. The Kier molecular flexibility index (Phi) is 2.90. The highest BCUT2D eigenvalue weighted by Gasteiger charge is 2.47. The average Bonchev–Trinajstić information content (AvgIpc) is 2.99. The van der Waals surface area contributed by atoms with E-state index < -0.39 is 5.60 Å². The van der Waals surface area contributed by atoms with Gasteiger partial charge in [-0.15, -0.1) is 10.2 Å². The fourth-order valence-corrected chi connectivity index (χ4v) is 2.07. The maximum absolute atomic E-state index is 9.88. The molecule has 0 aliphatic heterocycles. The van der Waals surface area contributed by atoms with Crippen LogP contribution in [0.2, 0.25) is 0 Å². The van der Waals surface area contributed by atoms with Gasteiger partial charge in [0, 0.05) is 0 Å². The van der Waals surface area contributed by atoms with Gasteiger partial charge in [-0.05, 0) is 25.0 Å². The van der Waals surface area contributed by atoms with Crippen LogP contribution in [-0.2, 0) is 12.1 Å². The maximum Gasteiger partial charge on any atom is 0.315 e. The van der Waals surface area contributed by atoms with E-state index in [2.05, 4.69) is 25.8 Å². The van der Waals surface area contributed by atoms with Crippen LogP contribution in [0.25, 0.3) is 5.69 Å². The molecule has 0 bridgehead atoms. The highest BCUT2D eigenvalue weighted by Crippen LogP contribution is 2.44. The Bertz CT molecular complexity index is 777. The molecular weight excluding hydrogens is 284 g/mol. The van der Waals surface area contributed by atoms with Gasteiger partial charge in [-0.1, -0.05) is 28.5 Å². The fraction of sp³-hybridized carbons (Fsp3) is 0.286. The van der Waals surface area contributed by atoms with Crippen molar-refractivity contribution < 1.29 is 9.52 Å². The lowest BCUT2D eigenvalue weighted by molar-refractivity contribution is 0.118. The summed E-state index contributed by atoms with van der Waals surface area (Å²) in [5.74, 6) is 0.267. The second-order valence-electron chi connectivity index (χ2n) is 5.29. The Hall–Kier alpha value is -2.74. The molecule has 1 aromatic carbocycles. The van der Waals surface area contributed by atoms with E-state index >= 15 is 0 Å². The molecule has 0 radical (unpaired) electrons. The van der Waals surface area contributed by atoms with Gasteiger partial charge in [-0.3, -0.25) is 0 Å². The van der Waals surface area contributed by atoms with E-state index in [0.717, 1.165) is 11.4 Å². The smallest absolute Gasteiger partial charge is 0.315 e. The SMILES string of the molecule is OC1(c2nnc(NCc3cn(-c4ccccc4)nn3)o2)CC1. The number of benzene rings is 1. The minimum Gasteiger partial charge on any atom is -0.405 e. The fourth-order valence-electron chi connectivity index (χ4n) is 2.07. The monoisotopic (exact) mass is 298 g/mol. The largest absolute Gasteiger partial charge is 0.405 e. The van der Waals surface area contributed by atoms with E-state index in [4.69, 9.17) is 4.42 Å². The normalized spacial score (nSPS) is 15.7.